The molecule has 0 bridgehead atoms. The fourth-order valence-corrected chi connectivity index (χ4v) is 5.89. The number of para-hydroxylation sites is 1. The Morgan fingerprint density at radius 3 is 2.14 bits per heavy atom. The van der Waals surface area contributed by atoms with E-state index in [-0.39, 0.29) is 15.9 Å². The van der Waals surface area contributed by atoms with E-state index in [1.807, 2.05) is 66.7 Å². The summed E-state index contributed by atoms with van der Waals surface area (Å²) in [6.07, 6.45) is 0.692. The standard InChI is InChI=1S/C28H23N3O3S2/c32-27(23-12-10-21(11-13-23)20-6-2-1-3-7-20)30-28(35)29-24-14-16-25(17-15-24)36(33,34)31-19-18-22-8-4-5-9-26(22)31/h1-17H,18-19H2,(H2,29,30,32,35). The molecular formula is C28H23N3O3S2. The molecule has 0 atom stereocenters. The van der Waals surface area contributed by atoms with Crippen LogP contribution in [0.4, 0.5) is 11.4 Å². The summed E-state index contributed by atoms with van der Waals surface area (Å²) in [5, 5.41) is 5.72. The van der Waals surface area contributed by atoms with Gasteiger partial charge in [-0.3, -0.25) is 14.4 Å². The molecule has 1 aliphatic rings. The first-order valence-electron chi connectivity index (χ1n) is 11.4. The lowest BCUT2D eigenvalue weighted by molar-refractivity contribution is 0.0977. The molecule has 36 heavy (non-hydrogen) atoms. The van der Waals surface area contributed by atoms with Crippen LogP contribution in [0.3, 0.4) is 0 Å². The van der Waals surface area contributed by atoms with Crippen LogP contribution in [0.2, 0.25) is 0 Å². The third kappa shape index (κ3) is 4.86. The van der Waals surface area contributed by atoms with Gasteiger partial charge in [0.2, 0.25) is 0 Å². The minimum Gasteiger partial charge on any atom is -0.332 e. The van der Waals surface area contributed by atoms with Gasteiger partial charge in [-0.2, -0.15) is 0 Å². The van der Waals surface area contributed by atoms with Gasteiger partial charge in [-0.1, -0.05) is 60.7 Å². The van der Waals surface area contributed by atoms with Crippen molar-refractivity contribution in [2.75, 3.05) is 16.2 Å². The lowest BCUT2D eigenvalue weighted by atomic mass is 10.0. The third-order valence-electron chi connectivity index (χ3n) is 6.03. The average molecular weight is 514 g/mol. The van der Waals surface area contributed by atoms with Gasteiger partial charge in [-0.05, 0) is 77.8 Å². The lowest BCUT2D eigenvalue weighted by Gasteiger charge is -2.19. The highest BCUT2D eigenvalue weighted by Gasteiger charge is 2.30. The highest BCUT2D eigenvalue weighted by Crippen LogP contribution is 2.32. The summed E-state index contributed by atoms with van der Waals surface area (Å²) in [6, 6.07) is 31.0. The molecule has 0 spiro atoms. The van der Waals surface area contributed by atoms with Crippen LogP contribution < -0.4 is 14.9 Å². The number of nitrogens with zero attached hydrogens (tertiary/aromatic N) is 1. The fraction of sp³-hybridized carbons (Fsp3) is 0.0714. The third-order valence-corrected chi connectivity index (χ3v) is 8.06. The van der Waals surface area contributed by atoms with Crippen molar-refractivity contribution < 1.29 is 13.2 Å². The minimum atomic E-state index is -3.67. The fourth-order valence-electron chi connectivity index (χ4n) is 4.18. The van der Waals surface area contributed by atoms with Crippen LogP contribution in [0.5, 0.6) is 0 Å². The van der Waals surface area contributed by atoms with E-state index in [2.05, 4.69) is 10.6 Å². The maximum Gasteiger partial charge on any atom is 0.264 e. The molecule has 2 N–H and O–H groups in total. The van der Waals surface area contributed by atoms with Crippen molar-refractivity contribution in [1.29, 1.82) is 0 Å². The van der Waals surface area contributed by atoms with E-state index in [0.29, 0.717) is 24.2 Å². The molecule has 4 aromatic rings. The molecule has 6 nitrogen and oxygen atoms in total. The number of rotatable bonds is 5. The Hall–Kier alpha value is -4.01. The van der Waals surface area contributed by atoms with Gasteiger partial charge in [0, 0.05) is 17.8 Å². The minimum absolute atomic E-state index is 0.121. The van der Waals surface area contributed by atoms with Gasteiger partial charge < -0.3 is 5.32 Å². The maximum atomic E-state index is 13.2. The molecule has 0 aromatic heterocycles. The number of hydrogen-bond acceptors (Lipinski definition) is 4. The predicted octanol–water partition coefficient (Wildman–Crippen LogP) is 5.23. The first-order chi connectivity index (χ1) is 17.4. The number of carbonyl (C=O) groups excluding carboxylic acids is 1. The van der Waals surface area contributed by atoms with Crippen molar-refractivity contribution in [3.63, 3.8) is 0 Å². The summed E-state index contributed by atoms with van der Waals surface area (Å²) in [4.78, 5) is 12.8. The number of hydrogen-bond donors (Lipinski definition) is 2. The predicted molar refractivity (Wildman–Crippen MR) is 147 cm³/mol. The molecule has 5 rings (SSSR count). The van der Waals surface area contributed by atoms with Gasteiger partial charge in [0.1, 0.15) is 0 Å². The van der Waals surface area contributed by atoms with Crippen molar-refractivity contribution in [1.82, 2.24) is 5.32 Å². The SMILES string of the molecule is O=C(NC(=S)Nc1ccc(S(=O)(=O)N2CCc3ccccc32)cc1)c1ccc(-c2ccccc2)cc1. The Kier molecular flexibility index (Phi) is 6.54. The Bertz CT molecular complexity index is 1520. The molecule has 0 fully saturated rings. The molecule has 0 unspecified atom stereocenters. The van der Waals surface area contributed by atoms with Crippen LogP contribution in [0, 0.1) is 0 Å². The van der Waals surface area contributed by atoms with E-state index in [1.165, 1.54) is 16.4 Å². The van der Waals surface area contributed by atoms with Crippen molar-refractivity contribution in [2.45, 2.75) is 11.3 Å². The van der Waals surface area contributed by atoms with Crippen molar-refractivity contribution in [3.05, 3.63) is 114 Å². The van der Waals surface area contributed by atoms with Gasteiger partial charge in [0.25, 0.3) is 15.9 Å². The number of fused-ring (bicyclic) bond motifs is 1. The highest BCUT2D eigenvalue weighted by molar-refractivity contribution is 7.92. The Morgan fingerprint density at radius 1 is 0.778 bits per heavy atom. The summed E-state index contributed by atoms with van der Waals surface area (Å²) in [5.74, 6) is -0.334. The number of benzene rings is 4. The van der Waals surface area contributed by atoms with Crippen molar-refractivity contribution in [3.8, 4) is 11.1 Å². The van der Waals surface area contributed by atoms with Gasteiger partial charge >= 0.3 is 0 Å². The molecule has 1 heterocycles. The number of anilines is 2. The van der Waals surface area contributed by atoms with E-state index in [9.17, 15) is 13.2 Å². The molecule has 180 valence electrons. The van der Waals surface area contributed by atoms with Gasteiger partial charge in [-0.25, -0.2) is 8.42 Å². The second kappa shape index (κ2) is 9.93. The second-order valence-corrected chi connectivity index (χ2v) is 10.6. The summed E-state index contributed by atoms with van der Waals surface area (Å²) in [7, 11) is -3.67. The Morgan fingerprint density at radius 2 is 1.42 bits per heavy atom. The summed E-state index contributed by atoms with van der Waals surface area (Å²) in [6.45, 7) is 0.421. The average Bonchev–Trinajstić information content (AvgIpc) is 3.35. The normalized spacial score (nSPS) is 12.6. The molecule has 8 heteroatoms. The van der Waals surface area contributed by atoms with Crippen molar-refractivity contribution >= 4 is 44.6 Å². The zero-order chi connectivity index (χ0) is 25.1. The van der Waals surface area contributed by atoms with Crippen LogP contribution in [-0.4, -0.2) is 26.0 Å². The number of nitrogens with one attached hydrogen (secondary N) is 2. The zero-order valence-electron chi connectivity index (χ0n) is 19.2. The lowest BCUT2D eigenvalue weighted by Crippen LogP contribution is -2.34. The maximum absolute atomic E-state index is 13.2. The van der Waals surface area contributed by atoms with Gasteiger partial charge in [-0.15, -0.1) is 0 Å². The second-order valence-electron chi connectivity index (χ2n) is 8.33. The summed E-state index contributed by atoms with van der Waals surface area (Å²) in [5.41, 5.74) is 4.88. The smallest absolute Gasteiger partial charge is 0.264 e. The monoisotopic (exact) mass is 513 g/mol. The van der Waals surface area contributed by atoms with E-state index in [4.69, 9.17) is 12.2 Å². The molecular weight excluding hydrogens is 490 g/mol. The highest BCUT2D eigenvalue weighted by atomic mass is 32.2. The van der Waals surface area contributed by atoms with Crippen LogP contribution in [0.1, 0.15) is 15.9 Å². The van der Waals surface area contributed by atoms with Gasteiger partial charge in [0.15, 0.2) is 5.11 Å². The molecule has 1 aliphatic heterocycles. The van der Waals surface area contributed by atoms with Gasteiger partial charge in [0.05, 0.1) is 10.6 Å². The largest absolute Gasteiger partial charge is 0.332 e. The van der Waals surface area contributed by atoms with Crippen molar-refractivity contribution in [2.24, 2.45) is 0 Å². The number of thiocarbonyl (C=S) groups is 1. The number of sulfonamides is 1. The van der Waals surface area contributed by atoms with Crippen LogP contribution in [0.25, 0.3) is 11.1 Å². The van der Waals surface area contributed by atoms with E-state index >= 15 is 0 Å². The molecule has 0 saturated carbocycles. The first-order valence-corrected chi connectivity index (χ1v) is 13.3. The quantitative estimate of drug-likeness (QED) is 0.357. The van der Waals surface area contributed by atoms with Crippen LogP contribution in [-0.2, 0) is 16.4 Å². The summed E-state index contributed by atoms with van der Waals surface area (Å²) >= 11 is 5.28. The molecule has 0 radical (unpaired) electrons. The topological polar surface area (TPSA) is 78.5 Å². The Labute approximate surface area is 215 Å². The van der Waals surface area contributed by atoms with E-state index < -0.39 is 10.0 Å². The van der Waals surface area contributed by atoms with Crippen LogP contribution in [0.15, 0.2) is 108 Å². The molecule has 0 aliphatic carbocycles. The first kappa shape index (κ1) is 23.7. The molecule has 1 amide bonds. The zero-order valence-corrected chi connectivity index (χ0v) is 20.9. The molecule has 4 aromatic carbocycles. The Balaban J connectivity index is 1.21. The molecule has 0 saturated heterocycles. The van der Waals surface area contributed by atoms with E-state index in [0.717, 1.165) is 22.4 Å². The van der Waals surface area contributed by atoms with E-state index in [1.54, 1.807) is 24.3 Å². The number of carbonyl (C=O) groups is 1. The summed E-state index contributed by atoms with van der Waals surface area (Å²) < 4.78 is 27.8. The van der Waals surface area contributed by atoms with Crippen LogP contribution >= 0.6 is 12.2 Å². The number of amides is 1.